The van der Waals surface area contributed by atoms with E-state index in [2.05, 4.69) is 16.3 Å². The maximum absolute atomic E-state index is 12.0. The lowest BCUT2D eigenvalue weighted by Gasteiger charge is -2.14. The van der Waals surface area contributed by atoms with E-state index in [0.29, 0.717) is 6.42 Å². The van der Waals surface area contributed by atoms with Crippen molar-refractivity contribution in [3.8, 4) is 10.4 Å². The molecule has 0 radical (unpaired) electrons. The Morgan fingerprint density at radius 3 is 2.61 bits per heavy atom. The van der Waals surface area contributed by atoms with E-state index < -0.39 is 0 Å². The van der Waals surface area contributed by atoms with Crippen molar-refractivity contribution >= 4 is 28.8 Å². The molecular formula is C18H21ClN2OS. The van der Waals surface area contributed by atoms with Crippen molar-refractivity contribution in [1.82, 2.24) is 10.2 Å². The van der Waals surface area contributed by atoms with Crippen molar-refractivity contribution in [2.75, 3.05) is 26.2 Å². The molecule has 2 heterocycles. The Labute approximate surface area is 146 Å². The van der Waals surface area contributed by atoms with E-state index in [9.17, 15) is 4.79 Å². The van der Waals surface area contributed by atoms with Gasteiger partial charge < -0.3 is 10.2 Å². The lowest BCUT2D eigenvalue weighted by Crippen LogP contribution is -2.34. The minimum absolute atomic E-state index is 0.105. The van der Waals surface area contributed by atoms with Crippen LogP contribution in [0, 0.1) is 0 Å². The predicted octanol–water partition coefficient (Wildman–Crippen LogP) is 3.82. The summed E-state index contributed by atoms with van der Waals surface area (Å²) >= 11 is 7.58. The van der Waals surface area contributed by atoms with E-state index in [1.54, 1.807) is 11.3 Å². The van der Waals surface area contributed by atoms with Gasteiger partial charge in [-0.1, -0.05) is 23.7 Å². The van der Waals surface area contributed by atoms with E-state index in [4.69, 9.17) is 11.6 Å². The van der Waals surface area contributed by atoms with E-state index in [0.717, 1.165) is 28.6 Å². The molecule has 23 heavy (non-hydrogen) atoms. The highest BCUT2D eigenvalue weighted by Crippen LogP contribution is 2.29. The first-order chi connectivity index (χ1) is 11.2. The fraction of sp³-hybridized carbons (Fsp3) is 0.389. The summed E-state index contributed by atoms with van der Waals surface area (Å²) in [4.78, 5) is 16.7. The van der Waals surface area contributed by atoms with Crippen LogP contribution in [0.25, 0.3) is 10.4 Å². The summed E-state index contributed by atoms with van der Waals surface area (Å²) in [7, 11) is 0. The SMILES string of the molecule is O=C(Cc1ccc(-c2ccc(Cl)cc2)s1)NCCN1CCCC1. The number of hydrogen-bond acceptors (Lipinski definition) is 3. The standard InChI is InChI=1S/C18H21ClN2OS/c19-15-5-3-14(4-6-15)17-8-7-16(23-17)13-18(22)20-9-12-21-10-1-2-11-21/h3-8H,1-2,9-13H2,(H,20,22). The normalized spacial score (nSPS) is 15.0. The summed E-state index contributed by atoms with van der Waals surface area (Å²) in [5.74, 6) is 0.105. The lowest BCUT2D eigenvalue weighted by atomic mass is 10.2. The quantitative estimate of drug-likeness (QED) is 0.860. The number of nitrogens with zero attached hydrogens (tertiary/aromatic N) is 1. The summed E-state index contributed by atoms with van der Waals surface area (Å²) in [6, 6.07) is 11.9. The first kappa shape index (κ1) is 16.5. The summed E-state index contributed by atoms with van der Waals surface area (Å²) in [6.07, 6.45) is 3.03. The third kappa shape index (κ3) is 4.80. The number of carbonyl (C=O) groups excluding carboxylic acids is 1. The zero-order valence-corrected chi connectivity index (χ0v) is 14.6. The molecule has 1 aromatic heterocycles. The van der Waals surface area contributed by atoms with E-state index in [1.807, 2.05) is 30.3 Å². The van der Waals surface area contributed by atoms with Gasteiger partial charge in [0, 0.05) is 27.9 Å². The van der Waals surface area contributed by atoms with Crippen LogP contribution in [0.3, 0.4) is 0 Å². The van der Waals surface area contributed by atoms with E-state index in [-0.39, 0.29) is 5.91 Å². The van der Waals surface area contributed by atoms with Gasteiger partial charge in [-0.3, -0.25) is 4.79 Å². The number of amides is 1. The molecule has 0 atom stereocenters. The summed E-state index contributed by atoms with van der Waals surface area (Å²) < 4.78 is 0. The van der Waals surface area contributed by atoms with Gasteiger partial charge in [0.25, 0.3) is 0 Å². The average Bonchev–Trinajstić information content (AvgIpc) is 3.20. The second kappa shape index (κ2) is 7.95. The highest BCUT2D eigenvalue weighted by Gasteiger charge is 2.12. The summed E-state index contributed by atoms with van der Waals surface area (Å²) in [6.45, 7) is 4.05. The second-order valence-corrected chi connectivity index (χ2v) is 7.45. The van der Waals surface area contributed by atoms with Crippen molar-refractivity contribution in [1.29, 1.82) is 0 Å². The fourth-order valence-electron chi connectivity index (χ4n) is 2.82. The van der Waals surface area contributed by atoms with Gasteiger partial charge in [0.05, 0.1) is 6.42 Å². The average molecular weight is 349 g/mol. The van der Waals surface area contributed by atoms with Gasteiger partial charge in [-0.05, 0) is 55.8 Å². The monoisotopic (exact) mass is 348 g/mol. The number of thiophene rings is 1. The van der Waals surface area contributed by atoms with Crippen molar-refractivity contribution < 1.29 is 4.79 Å². The minimum Gasteiger partial charge on any atom is -0.355 e. The maximum Gasteiger partial charge on any atom is 0.225 e. The molecule has 1 amide bonds. The molecule has 0 spiro atoms. The molecule has 122 valence electrons. The minimum atomic E-state index is 0.105. The van der Waals surface area contributed by atoms with Crippen LogP contribution in [0.1, 0.15) is 17.7 Å². The van der Waals surface area contributed by atoms with Crippen LogP contribution in [-0.4, -0.2) is 37.0 Å². The molecule has 1 aliphatic rings. The number of benzene rings is 1. The molecule has 1 aromatic carbocycles. The largest absolute Gasteiger partial charge is 0.355 e. The highest BCUT2D eigenvalue weighted by atomic mass is 35.5. The highest BCUT2D eigenvalue weighted by molar-refractivity contribution is 7.15. The van der Waals surface area contributed by atoms with Gasteiger partial charge in [0.1, 0.15) is 0 Å². The molecule has 1 fully saturated rings. The number of hydrogen-bond donors (Lipinski definition) is 1. The third-order valence-corrected chi connectivity index (χ3v) is 5.46. The molecule has 0 saturated carbocycles. The number of likely N-dealkylation sites (tertiary alicyclic amines) is 1. The zero-order valence-electron chi connectivity index (χ0n) is 13.1. The zero-order chi connectivity index (χ0) is 16.1. The fourth-order valence-corrected chi connectivity index (χ4v) is 3.96. The van der Waals surface area contributed by atoms with Gasteiger partial charge >= 0.3 is 0 Å². The second-order valence-electron chi connectivity index (χ2n) is 5.85. The van der Waals surface area contributed by atoms with Crippen molar-refractivity contribution in [2.45, 2.75) is 19.3 Å². The molecule has 3 nitrogen and oxygen atoms in total. The van der Waals surface area contributed by atoms with Crippen LogP contribution in [-0.2, 0) is 11.2 Å². The van der Waals surface area contributed by atoms with Crippen LogP contribution in [0.4, 0.5) is 0 Å². The molecule has 1 N–H and O–H groups in total. The molecule has 0 aliphatic carbocycles. The van der Waals surface area contributed by atoms with Gasteiger partial charge in [-0.25, -0.2) is 0 Å². The Bertz CT molecular complexity index is 647. The third-order valence-electron chi connectivity index (χ3n) is 4.07. The number of carbonyl (C=O) groups is 1. The molecule has 5 heteroatoms. The lowest BCUT2D eigenvalue weighted by molar-refractivity contribution is -0.120. The summed E-state index contributed by atoms with van der Waals surface area (Å²) in [5, 5.41) is 3.76. The van der Waals surface area contributed by atoms with Crippen LogP contribution in [0.5, 0.6) is 0 Å². The Morgan fingerprint density at radius 2 is 1.87 bits per heavy atom. The molecular weight excluding hydrogens is 328 g/mol. The van der Waals surface area contributed by atoms with Gasteiger partial charge in [-0.2, -0.15) is 0 Å². The molecule has 2 aromatic rings. The van der Waals surface area contributed by atoms with Crippen molar-refractivity contribution in [3.63, 3.8) is 0 Å². The van der Waals surface area contributed by atoms with Crippen LogP contribution >= 0.6 is 22.9 Å². The smallest absolute Gasteiger partial charge is 0.225 e. The molecule has 1 saturated heterocycles. The Kier molecular flexibility index (Phi) is 5.70. The van der Waals surface area contributed by atoms with Gasteiger partial charge in [0.15, 0.2) is 0 Å². The molecule has 0 unspecified atom stereocenters. The van der Waals surface area contributed by atoms with Crippen molar-refractivity contribution in [2.24, 2.45) is 0 Å². The van der Waals surface area contributed by atoms with E-state index in [1.165, 1.54) is 30.8 Å². The Balaban J connectivity index is 1.48. The number of nitrogens with one attached hydrogen (secondary N) is 1. The first-order valence-corrected chi connectivity index (χ1v) is 9.24. The topological polar surface area (TPSA) is 32.3 Å². The summed E-state index contributed by atoms with van der Waals surface area (Å²) in [5.41, 5.74) is 1.14. The van der Waals surface area contributed by atoms with Crippen LogP contribution in [0.2, 0.25) is 5.02 Å². The molecule has 3 rings (SSSR count). The van der Waals surface area contributed by atoms with Crippen molar-refractivity contribution in [3.05, 3.63) is 46.3 Å². The molecule has 0 bridgehead atoms. The van der Waals surface area contributed by atoms with Crippen LogP contribution < -0.4 is 5.32 Å². The van der Waals surface area contributed by atoms with Gasteiger partial charge in [-0.15, -0.1) is 11.3 Å². The predicted molar refractivity (Wildman–Crippen MR) is 97.2 cm³/mol. The Morgan fingerprint density at radius 1 is 1.13 bits per heavy atom. The number of halogens is 1. The maximum atomic E-state index is 12.0. The first-order valence-electron chi connectivity index (χ1n) is 8.04. The molecule has 1 aliphatic heterocycles. The van der Waals surface area contributed by atoms with Gasteiger partial charge in [0.2, 0.25) is 5.91 Å². The van der Waals surface area contributed by atoms with Crippen LogP contribution in [0.15, 0.2) is 36.4 Å². The number of rotatable bonds is 6. The van der Waals surface area contributed by atoms with E-state index >= 15 is 0 Å². The Hall–Kier alpha value is -1.36.